The van der Waals surface area contributed by atoms with Crippen molar-refractivity contribution >= 4 is 17.1 Å². The van der Waals surface area contributed by atoms with Crippen molar-refractivity contribution in [3.8, 4) is 0 Å². The number of hydrogen-bond acceptors (Lipinski definition) is 5. The number of aromatic amines is 1. The fraction of sp³-hybridized carbons (Fsp3) is 0.500. The summed E-state index contributed by atoms with van der Waals surface area (Å²) in [4.78, 5) is 21.4. The maximum Gasteiger partial charge on any atom is 0.252 e. The predicted octanol–water partition coefficient (Wildman–Crippen LogP) is 2.49. The van der Waals surface area contributed by atoms with Gasteiger partial charge in [-0.15, -0.1) is 0 Å². The van der Waals surface area contributed by atoms with E-state index in [1.807, 2.05) is 26.2 Å². The fourth-order valence-corrected chi connectivity index (χ4v) is 3.79. The van der Waals surface area contributed by atoms with Gasteiger partial charge in [0.1, 0.15) is 5.52 Å². The molecule has 4 rings (SSSR count). The van der Waals surface area contributed by atoms with Crippen LogP contribution < -0.4 is 5.32 Å². The lowest BCUT2D eigenvalue weighted by Crippen LogP contribution is -2.25. The summed E-state index contributed by atoms with van der Waals surface area (Å²) in [6.07, 6.45) is 7.14. The van der Waals surface area contributed by atoms with Crippen LogP contribution in [-0.4, -0.2) is 50.4 Å². The number of fused-ring (bicyclic) bond motifs is 1. The summed E-state index contributed by atoms with van der Waals surface area (Å²) in [5.41, 5.74) is 5.48. The van der Waals surface area contributed by atoms with Crippen LogP contribution in [0.1, 0.15) is 52.6 Å². The van der Waals surface area contributed by atoms with Crippen LogP contribution in [0.5, 0.6) is 0 Å². The molecule has 8 heteroatoms. The number of carbonyl (C=O) groups excluding carboxylic acids is 1. The van der Waals surface area contributed by atoms with Gasteiger partial charge in [-0.25, -0.2) is 9.97 Å². The van der Waals surface area contributed by atoms with Gasteiger partial charge in [0.05, 0.1) is 17.6 Å². The molecule has 0 bridgehead atoms. The zero-order valence-corrected chi connectivity index (χ0v) is 16.4. The first-order valence-corrected chi connectivity index (χ1v) is 9.82. The summed E-state index contributed by atoms with van der Waals surface area (Å²) in [6.45, 7) is 6.16. The van der Waals surface area contributed by atoms with E-state index in [0.29, 0.717) is 18.2 Å². The molecule has 1 aliphatic rings. The first kappa shape index (κ1) is 18.6. The lowest BCUT2D eigenvalue weighted by atomic mass is 10.1. The van der Waals surface area contributed by atoms with Crippen molar-refractivity contribution in [3.63, 3.8) is 0 Å². The first-order valence-electron chi connectivity index (χ1n) is 9.82. The molecule has 2 N–H and O–H groups in total. The lowest BCUT2D eigenvalue weighted by Gasteiger charge is -2.23. The van der Waals surface area contributed by atoms with Gasteiger partial charge in [-0.1, -0.05) is 0 Å². The number of aromatic nitrogens is 5. The Labute approximate surface area is 163 Å². The minimum Gasteiger partial charge on any atom is -0.381 e. The van der Waals surface area contributed by atoms with Crippen LogP contribution >= 0.6 is 0 Å². The molecule has 1 amide bonds. The molecule has 0 unspecified atom stereocenters. The van der Waals surface area contributed by atoms with Crippen LogP contribution in [0.3, 0.4) is 0 Å². The molecule has 4 heterocycles. The van der Waals surface area contributed by atoms with Gasteiger partial charge in [0.2, 0.25) is 0 Å². The first-order chi connectivity index (χ1) is 13.6. The quantitative estimate of drug-likeness (QED) is 0.638. The number of ether oxygens (including phenoxy) is 1. The number of H-pyrrole nitrogens is 1. The molecule has 0 saturated carbocycles. The molecule has 1 saturated heterocycles. The van der Waals surface area contributed by atoms with Crippen molar-refractivity contribution in [3.05, 3.63) is 41.1 Å². The Morgan fingerprint density at radius 1 is 1.32 bits per heavy atom. The maximum absolute atomic E-state index is 12.5. The van der Waals surface area contributed by atoms with Crippen molar-refractivity contribution in [2.45, 2.75) is 45.6 Å². The van der Waals surface area contributed by atoms with Gasteiger partial charge in [0.25, 0.3) is 5.91 Å². The molecular formula is C20H26N6O2. The summed E-state index contributed by atoms with van der Waals surface area (Å²) in [6, 6.07) is 2.18. The normalized spacial score (nSPS) is 15.2. The molecule has 0 aliphatic carbocycles. The number of rotatable bonds is 6. The highest BCUT2D eigenvalue weighted by Gasteiger charge is 2.19. The van der Waals surface area contributed by atoms with Gasteiger partial charge in [0, 0.05) is 37.7 Å². The molecule has 0 radical (unpaired) electrons. The summed E-state index contributed by atoms with van der Waals surface area (Å²) in [5.74, 6) is -0.115. The minimum absolute atomic E-state index is 0.115. The predicted molar refractivity (Wildman–Crippen MR) is 105 cm³/mol. The summed E-state index contributed by atoms with van der Waals surface area (Å²) in [7, 11) is 0. The number of carbonyl (C=O) groups is 1. The fourth-order valence-electron chi connectivity index (χ4n) is 3.79. The topological polar surface area (TPSA) is 97.7 Å². The maximum atomic E-state index is 12.5. The lowest BCUT2D eigenvalue weighted by molar-refractivity contribution is 0.0704. The average molecular weight is 382 g/mol. The number of imidazole rings is 1. The van der Waals surface area contributed by atoms with Crippen LogP contribution in [0.15, 0.2) is 18.6 Å². The van der Waals surface area contributed by atoms with E-state index in [-0.39, 0.29) is 5.91 Å². The molecule has 0 atom stereocenters. The second-order valence-electron chi connectivity index (χ2n) is 7.33. The molecule has 0 spiro atoms. The molecule has 1 fully saturated rings. The van der Waals surface area contributed by atoms with E-state index < -0.39 is 0 Å². The summed E-state index contributed by atoms with van der Waals surface area (Å²) in [5, 5.41) is 10.2. The van der Waals surface area contributed by atoms with E-state index in [1.54, 1.807) is 6.20 Å². The highest BCUT2D eigenvalue weighted by Crippen LogP contribution is 2.24. The summed E-state index contributed by atoms with van der Waals surface area (Å²) < 4.78 is 7.54. The standard InChI is InChI=1S/C20H26N6O2/c1-13-17(14(2)25-24-13)4-3-7-21-20(27)15-10-18-19(22-11-15)26(12-23-18)16-5-8-28-9-6-16/h10-12,16H,3-9H2,1-2H3,(H,21,27)(H,24,25). The Kier molecular flexibility index (Phi) is 5.38. The van der Waals surface area contributed by atoms with E-state index in [9.17, 15) is 4.79 Å². The molecule has 8 nitrogen and oxygen atoms in total. The average Bonchev–Trinajstić information content (AvgIpc) is 3.28. The zero-order chi connectivity index (χ0) is 19.5. The second-order valence-corrected chi connectivity index (χ2v) is 7.33. The van der Waals surface area contributed by atoms with Crippen molar-refractivity contribution < 1.29 is 9.53 Å². The van der Waals surface area contributed by atoms with E-state index in [2.05, 4.69) is 30.0 Å². The van der Waals surface area contributed by atoms with Crippen molar-refractivity contribution in [1.82, 2.24) is 30.0 Å². The number of pyridine rings is 1. The van der Waals surface area contributed by atoms with Gasteiger partial charge in [-0.2, -0.15) is 5.10 Å². The van der Waals surface area contributed by atoms with Crippen LogP contribution in [0.2, 0.25) is 0 Å². The van der Waals surface area contributed by atoms with Gasteiger partial charge < -0.3 is 14.6 Å². The van der Waals surface area contributed by atoms with Crippen molar-refractivity contribution in [2.24, 2.45) is 0 Å². The third kappa shape index (κ3) is 3.77. The third-order valence-electron chi connectivity index (χ3n) is 5.43. The molecule has 0 aromatic carbocycles. The van der Waals surface area contributed by atoms with Crippen LogP contribution in [0.4, 0.5) is 0 Å². The highest BCUT2D eigenvalue weighted by molar-refractivity contribution is 5.96. The number of nitrogens with one attached hydrogen (secondary N) is 2. The molecule has 3 aromatic rings. The SMILES string of the molecule is Cc1n[nH]c(C)c1CCCNC(=O)c1cnc2c(c1)ncn2C1CCOCC1. The second kappa shape index (κ2) is 8.10. The number of aryl methyl sites for hydroxylation is 2. The van der Waals surface area contributed by atoms with E-state index >= 15 is 0 Å². The Hall–Kier alpha value is -2.74. The third-order valence-corrected chi connectivity index (χ3v) is 5.43. The Morgan fingerprint density at radius 2 is 2.14 bits per heavy atom. The molecular weight excluding hydrogens is 356 g/mol. The van der Waals surface area contributed by atoms with E-state index in [0.717, 1.165) is 61.4 Å². The van der Waals surface area contributed by atoms with E-state index in [4.69, 9.17) is 4.74 Å². The van der Waals surface area contributed by atoms with Crippen LogP contribution in [0, 0.1) is 13.8 Å². The number of hydrogen-bond donors (Lipinski definition) is 2. The van der Waals surface area contributed by atoms with Crippen molar-refractivity contribution in [1.29, 1.82) is 0 Å². The molecule has 28 heavy (non-hydrogen) atoms. The minimum atomic E-state index is -0.115. The summed E-state index contributed by atoms with van der Waals surface area (Å²) >= 11 is 0. The molecule has 1 aliphatic heterocycles. The van der Waals surface area contributed by atoms with Gasteiger partial charge in [-0.05, 0) is 51.2 Å². The Bertz CT molecular complexity index is 951. The smallest absolute Gasteiger partial charge is 0.252 e. The Morgan fingerprint density at radius 3 is 2.89 bits per heavy atom. The van der Waals surface area contributed by atoms with Crippen LogP contribution in [0.25, 0.3) is 11.2 Å². The van der Waals surface area contributed by atoms with Crippen molar-refractivity contribution in [2.75, 3.05) is 19.8 Å². The highest BCUT2D eigenvalue weighted by atomic mass is 16.5. The monoisotopic (exact) mass is 382 g/mol. The van der Waals surface area contributed by atoms with Gasteiger partial charge >= 0.3 is 0 Å². The number of nitrogens with zero attached hydrogens (tertiary/aromatic N) is 4. The number of amides is 1. The van der Waals surface area contributed by atoms with Crippen LogP contribution in [-0.2, 0) is 11.2 Å². The molecule has 3 aromatic heterocycles. The van der Waals surface area contributed by atoms with Gasteiger partial charge in [-0.3, -0.25) is 9.89 Å². The zero-order valence-electron chi connectivity index (χ0n) is 16.4. The van der Waals surface area contributed by atoms with Gasteiger partial charge in [0.15, 0.2) is 5.65 Å². The molecule has 148 valence electrons. The Balaban J connectivity index is 1.36. The van der Waals surface area contributed by atoms with E-state index in [1.165, 1.54) is 5.56 Å². The largest absolute Gasteiger partial charge is 0.381 e.